The lowest BCUT2D eigenvalue weighted by molar-refractivity contribution is -0.137. The number of carbonyl (C=O) groups is 1. The number of allylic oxidation sites excluding steroid dienone is 1. The van der Waals surface area contributed by atoms with E-state index in [4.69, 9.17) is 15.9 Å². The first-order chi connectivity index (χ1) is 5.66. The second-order valence-corrected chi connectivity index (χ2v) is 2.56. The van der Waals surface area contributed by atoms with Gasteiger partial charge in [0.15, 0.2) is 0 Å². The van der Waals surface area contributed by atoms with Gasteiger partial charge in [0.2, 0.25) is 0 Å². The van der Waals surface area contributed by atoms with Crippen LogP contribution < -0.4 is 5.73 Å². The molecule has 0 aromatic heterocycles. The summed E-state index contributed by atoms with van der Waals surface area (Å²) in [4.78, 5) is 10.1. The molecule has 4 heteroatoms. The highest BCUT2D eigenvalue weighted by Crippen LogP contribution is 1.96. The number of aliphatic hydroxyl groups excluding tert-OH is 1. The Morgan fingerprint density at radius 1 is 1.58 bits per heavy atom. The van der Waals surface area contributed by atoms with Crippen molar-refractivity contribution in [3.63, 3.8) is 0 Å². The summed E-state index contributed by atoms with van der Waals surface area (Å²) in [6.45, 7) is -0.0740. The van der Waals surface area contributed by atoms with E-state index in [0.29, 0.717) is 12.8 Å². The van der Waals surface area contributed by atoms with Crippen LogP contribution in [0.15, 0.2) is 12.2 Å². The van der Waals surface area contributed by atoms with Crippen molar-refractivity contribution >= 4 is 5.97 Å². The molecule has 0 aromatic rings. The molecule has 4 N–H and O–H groups in total. The summed E-state index contributed by atoms with van der Waals surface area (Å²) >= 11 is 0. The van der Waals surface area contributed by atoms with Crippen LogP contribution in [0.1, 0.15) is 19.3 Å². The molecule has 0 saturated carbocycles. The number of rotatable bonds is 6. The van der Waals surface area contributed by atoms with Gasteiger partial charge in [0.05, 0.1) is 6.61 Å². The van der Waals surface area contributed by atoms with E-state index in [1.807, 2.05) is 0 Å². The van der Waals surface area contributed by atoms with E-state index in [1.165, 1.54) is 0 Å². The third-order valence-electron chi connectivity index (χ3n) is 1.36. The number of aliphatic hydroxyl groups is 1. The predicted octanol–water partition coefficient (Wildman–Crippen LogP) is 0.117. The first-order valence-corrected chi connectivity index (χ1v) is 3.91. The van der Waals surface area contributed by atoms with Crippen molar-refractivity contribution in [1.29, 1.82) is 0 Å². The van der Waals surface area contributed by atoms with Crippen LogP contribution in [-0.2, 0) is 4.79 Å². The number of aliphatic carboxylic acids is 1. The minimum Gasteiger partial charge on any atom is -0.481 e. The average Bonchev–Trinajstić information content (AvgIpc) is 2.03. The molecule has 1 atom stereocenters. The smallest absolute Gasteiger partial charge is 0.303 e. The Labute approximate surface area is 71.7 Å². The van der Waals surface area contributed by atoms with E-state index in [-0.39, 0.29) is 19.1 Å². The Balaban J connectivity index is 3.30. The van der Waals surface area contributed by atoms with E-state index in [0.717, 1.165) is 0 Å². The maximum Gasteiger partial charge on any atom is 0.303 e. The number of unbranched alkanes of at least 4 members (excludes halogenated alkanes) is 1. The standard InChI is InChI=1S/C8H15NO3/c9-7(6-10)4-2-1-3-5-8(11)12/h2,4,7,10H,1,3,5-6,9H2,(H,11,12)/b4-2+/t7-/m1/s1. The van der Waals surface area contributed by atoms with Crippen LogP contribution in [-0.4, -0.2) is 28.8 Å². The lowest BCUT2D eigenvalue weighted by Gasteiger charge is -1.98. The molecule has 0 saturated heterocycles. The fourth-order valence-corrected chi connectivity index (χ4v) is 0.703. The SMILES string of the molecule is N[C@H](/C=C/CCCC(=O)O)CO. The van der Waals surface area contributed by atoms with Gasteiger partial charge in [-0.2, -0.15) is 0 Å². The molecule has 0 aliphatic carbocycles. The number of carboxylic acids is 1. The van der Waals surface area contributed by atoms with Crippen molar-refractivity contribution in [2.24, 2.45) is 5.73 Å². The van der Waals surface area contributed by atoms with Crippen molar-refractivity contribution in [2.75, 3.05) is 6.61 Å². The summed E-state index contributed by atoms with van der Waals surface area (Å²) < 4.78 is 0. The monoisotopic (exact) mass is 173 g/mol. The zero-order valence-electron chi connectivity index (χ0n) is 6.94. The average molecular weight is 173 g/mol. The molecule has 70 valence electrons. The van der Waals surface area contributed by atoms with Crippen molar-refractivity contribution in [3.8, 4) is 0 Å². The van der Waals surface area contributed by atoms with Gasteiger partial charge in [-0.3, -0.25) is 4.79 Å². The first kappa shape index (κ1) is 11.1. The van der Waals surface area contributed by atoms with Crippen LogP contribution >= 0.6 is 0 Å². The van der Waals surface area contributed by atoms with E-state index < -0.39 is 5.97 Å². The number of carboxylic acid groups (broad SMARTS) is 1. The minimum absolute atomic E-state index is 0.0740. The van der Waals surface area contributed by atoms with Crippen LogP contribution in [0.25, 0.3) is 0 Å². The highest BCUT2D eigenvalue weighted by atomic mass is 16.4. The number of hydrogen-bond donors (Lipinski definition) is 3. The van der Waals surface area contributed by atoms with Gasteiger partial charge in [-0.15, -0.1) is 0 Å². The molecule has 0 heterocycles. The van der Waals surface area contributed by atoms with E-state index in [1.54, 1.807) is 12.2 Å². The molecule has 0 rings (SSSR count). The van der Waals surface area contributed by atoms with Gasteiger partial charge in [0.25, 0.3) is 0 Å². The summed E-state index contributed by atoms with van der Waals surface area (Å²) in [6, 6.07) is -0.324. The van der Waals surface area contributed by atoms with Crippen molar-refractivity contribution in [2.45, 2.75) is 25.3 Å². The molecule has 0 amide bonds. The molecule has 4 nitrogen and oxygen atoms in total. The minimum atomic E-state index is -0.783. The lowest BCUT2D eigenvalue weighted by Crippen LogP contribution is -2.20. The lowest BCUT2D eigenvalue weighted by atomic mass is 10.2. The summed E-state index contributed by atoms with van der Waals surface area (Å²) in [7, 11) is 0. The Morgan fingerprint density at radius 3 is 2.75 bits per heavy atom. The molecular formula is C8H15NO3. The summed E-state index contributed by atoms with van der Waals surface area (Å²) in [6.07, 6.45) is 4.97. The topological polar surface area (TPSA) is 83.6 Å². The predicted molar refractivity (Wildman–Crippen MR) is 45.7 cm³/mol. The maximum absolute atomic E-state index is 10.1. The van der Waals surface area contributed by atoms with Gasteiger partial charge in [0.1, 0.15) is 0 Å². The Kier molecular flexibility index (Phi) is 6.32. The largest absolute Gasteiger partial charge is 0.481 e. The highest BCUT2D eigenvalue weighted by Gasteiger charge is 1.94. The number of nitrogens with two attached hydrogens (primary N) is 1. The molecule has 0 aliphatic rings. The van der Waals surface area contributed by atoms with Crippen LogP contribution in [0.3, 0.4) is 0 Å². The molecule has 0 aromatic carbocycles. The molecule has 0 radical (unpaired) electrons. The van der Waals surface area contributed by atoms with E-state index >= 15 is 0 Å². The van der Waals surface area contributed by atoms with E-state index in [9.17, 15) is 4.79 Å². The summed E-state index contributed by atoms with van der Waals surface area (Å²) in [5, 5.41) is 16.8. The third kappa shape index (κ3) is 7.24. The summed E-state index contributed by atoms with van der Waals surface area (Å²) in [5.74, 6) is -0.783. The van der Waals surface area contributed by atoms with Gasteiger partial charge >= 0.3 is 5.97 Å². The first-order valence-electron chi connectivity index (χ1n) is 3.91. The molecule has 0 spiro atoms. The Bertz CT molecular complexity index is 156. The molecule has 0 fully saturated rings. The highest BCUT2D eigenvalue weighted by molar-refractivity contribution is 5.66. The quantitative estimate of drug-likeness (QED) is 0.393. The zero-order valence-corrected chi connectivity index (χ0v) is 6.94. The van der Waals surface area contributed by atoms with E-state index in [2.05, 4.69) is 0 Å². The van der Waals surface area contributed by atoms with Gasteiger partial charge in [0, 0.05) is 12.5 Å². The van der Waals surface area contributed by atoms with Crippen molar-refractivity contribution < 1.29 is 15.0 Å². The van der Waals surface area contributed by atoms with Gasteiger partial charge in [-0.25, -0.2) is 0 Å². The second kappa shape index (κ2) is 6.82. The van der Waals surface area contributed by atoms with Crippen LogP contribution in [0, 0.1) is 0 Å². The second-order valence-electron chi connectivity index (χ2n) is 2.56. The maximum atomic E-state index is 10.1. The van der Waals surface area contributed by atoms with Gasteiger partial charge < -0.3 is 15.9 Å². The fraction of sp³-hybridized carbons (Fsp3) is 0.625. The molecular weight excluding hydrogens is 158 g/mol. The van der Waals surface area contributed by atoms with Gasteiger partial charge in [-0.1, -0.05) is 12.2 Å². The third-order valence-corrected chi connectivity index (χ3v) is 1.36. The summed E-state index contributed by atoms with van der Waals surface area (Å²) in [5.41, 5.74) is 5.36. The Morgan fingerprint density at radius 2 is 2.25 bits per heavy atom. The zero-order chi connectivity index (χ0) is 9.40. The fourth-order valence-electron chi connectivity index (χ4n) is 0.703. The van der Waals surface area contributed by atoms with Crippen molar-refractivity contribution in [3.05, 3.63) is 12.2 Å². The molecule has 0 unspecified atom stereocenters. The van der Waals surface area contributed by atoms with Crippen LogP contribution in [0.2, 0.25) is 0 Å². The molecule has 12 heavy (non-hydrogen) atoms. The molecule has 0 bridgehead atoms. The normalized spacial score (nSPS) is 13.5. The molecule has 0 aliphatic heterocycles. The van der Waals surface area contributed by atoms with Crippen LogP contribution in [0.5, 0.6) is 0 Å². The van der Waals surface area contributed by atoms with Crippen LogP contribution in [0.4, 0.5) is 0 Å². The Hall–Kier alpha value is -0.870. The van der Waals surface area contributed by atoms with Crippen molar-refractivity contribution in [1.82, 2.24) is 0 Å². The number of hydrogen-bond acceptors (Lipinski definition) is 3. The van der Waals surface area contributed by atoms with Gasteiger partial charge in [-0.05, 0) is 12.8 Å².